The van der Waals surface area contributed by atoms with Gasteiger partial charge in [-0.1, -0.05) is 19.9 Å². The Labute approximate surface area is 119 Å². The molecule has 0 atom stereocenters. The molecule has 5 nitrogen and oxygen atoms in total. The van der Waals surface area contributed by atoms with Gasteiger partial charge >= 0.3 is 5.97 Å². The van der Waals surface area contributed by atoms with Crippen LogP contribution in [0, 0.1) is 5.92 Å². The van der Waals surface area contributed by atoms with E-state index in [0.717, 1.165) is 6.61 Å². The Morgan fingerprint density at radius 3 is 2.55 bits per heavy atom. The molecule has 112 valence electrons. The molecule has 0 saturated heterocycles. The third kappa shape index (κ3) is 7.11. The average Bonchev–Trinajstić information content (AvgIpc) is 2.41. The molecule has 0 radical (unpaired) electrons. The molecule has 0 aliphatic heterocycles. The molecule has 0 aliphatic carbocycles. The number of carboxylic acid groups (broad SMARTS) is 1. The second-order valence-electron chi connectivity index (χ2n) is 4.76. The molecule has 0 aromatic heterocycles. The lowest BCUT2D eigenvalue weighted by Gasteiger charge is -2.09. The van der Waals surface area contributed by atoms with Crippen LogP contribution < -0.4 is 4.74 Å². The van der Waals surface area contributed by atoms with Gasteiger partial charge in [-0.3, -0.25) is 0 Å². The third-order valence-corrected chi connectivity index (χ3v) is 2.40. The summed E-state index contributed by atoms with van der Waals surface area (Å²) < 4.78 is 16.1. The van der Waals surface area contributed by atoms with Gasteiger partial charge in [-0.15, -0.1) is 0 Å². The summed E-state index contributed by atoms with van der Waals surface area (Å²) in [5.41, 5.74) is 0.213. The van der Waals surface area contributed by atoms with Gasteiger partial charge in [-0.25, -0.2) is 4.79 Å². The van der Waals surface area contributed by atoms with E-state index in [-0.39, 0.29) is 5.56 Å². The first-order chi connectivity index (χ1) is 9.59. The van der Waals surface area contributed by atoms with E-state index < -0.39 is 5.97 Å². The molecule has 1 aromatic rings. The van der Waals surface area contributed by atoms with E-state index in [1.54, 1.807) is 12.1 Å². The molecule has 0 amide bonds. The van der Waals surface area contributed by atoms with Crippen molar-refractivity contribution in [2.24, 2.45) is 5.92 Å². The predicted octanol–water partition coefficient (Wildman–Crippen LogP) is 2.45. The summed E-state index contributed by atoms with van der Waals surface area (Å²) in [4.78, 5) is 10.8. The number of rotatable bonds is 10. The van der Waals surface area contributed by atoms with E-state index in [4.69, 9.17) is 19.3 Å². The van der Waals surface area contributed by atoms with Crippen LogP contribution in [0.3, 0.4) is 0 Å². The largest absolute Gasteiger partial charge is 0.491 e. The van der Waals surface area contributed by atoms with E-state index >= 15 is 0 Å². The molecule has 0 fully saturated rings. The lowest BCUT2D eigenvalue weighted by Crippen LogP contribution is -2.12. The fourth-order valence-electron chi connectivity index (χ4n) is 1.48. The normalized spacial score (nSPS) is 10.8. The fourth-order valence-corrected chi connectivity index (χ4v) is 1.48. The third-order valence-electron chi connectivity index (χ3n) is 2.40. The predicted molar refractivity (Wildman–Crippen MR) is 75.4 cm³/mol. The molecule has 0 heterocycles. The second kappa shape index (κ2) is 9.34. The van der Waals surface area contributed by atoms with Crippen LogP contribution in [0.15, 0.2) is 24.3 Å². The van der Waals surface area contributed by atoms with Crippen LogP contribution in [0.4, 0.5) is 0 Å². The molecule has 5 heteroatoms. The van der Waals surface area contributed by atoms with Crippen molar-refractivity contribution in [3.05, 3.63) is 29.8 Å². The summed E-state index contributed by atoms with van der Waals surface area (Å²) >= 11 is 0. The van der Waals surface area contributed by atoms with Gasteiger partial charge in [-0.2, -0.15) is 0 Å². The van der Waals surface area contributed by atoms with Crippen molar-refractivity contribution in [1.29, 1.82) is 0 Å². The summed E-state index contributed by atoms with van der Waals surface area (Å²) in [7, 11) is 0. The second-order valence-corrected chi connectivity index (χ2v) is 4.76. The maximum Gasteiger partial charge on any atom is 0.335 e. The molecular formula is C15H22O5. The molecule has 0 saturated carbocycles. The zero-order valence-electron chi connectivity index (χ0n) is 12.0. The average molecular weight is 282 g/mol. The van der Waals surface area contributed by atoms with E-state index in [1.807, 2.05) is 0 Å². The number of hydrogen-bond acceptors (Lipinski definition) is 4. The maximum absolute atomic E-state index is 10.8. The first kappa shape index (κ1) is 16.5. The molecule has 1 rings (SSSR count). The summed E-state index contributed by atoms with van der Waals surface area (Å²) in [5, 5.41) is 8.85. The smallest absolute Gasteiger partial charge is 0.335 e. The van der Waals surface area contributed by atoms with Crippen molar-refractivity contribution < 1.29 is 24.1 Å². The monoisotopic (exact) mass is 282 g/mol. The van der Waals surface area contributed by atoms with Gasteiger partial charge in [0.15, 0.2) is 0 Å². The van der Waals surface area contributed by atoms with Crippen LogP contribution >= 0.6 is 0 Å². The van der Waals surface area contributed by atoms with Crippen LogP contribution in [0.5, 0.6) is 5.75 Å². The Bertz CT molecular complexity index is 403. The van der Waals surface area contributed by atoms with Crippen molar-refractivity contribution >= 4 is 5.97 Å². The highest BCUT2D eigenvalue weighted by atomic mass is 16.5. The van der Waals surface area contributed by atoms with Gasteiger partial charge < -0.3 is 19.3 Å². The Balaban J connectivity index is 2.09. The SMILES string of the molecule is CC(C)COCCOCCOc1cccc(C(=O)O)c1. The molecule has 1 aromatic carbocycles. The number of carbonyl (C=O) groups is 1. The first-order valence-electron chi connectivity index (χ1n) is 6.71. The number of benzene rings is 1. The molecule has 0 aliphatic rings. The lowest BCUT2D eigenvalue weighted by molar-refractivity contribution is 0.0282. The summed E-state index contributed by atoms with van der Waals surface area (Å²) in [6.07, 6.45) is 0. The van der Waals surface area contributed by atoms with E-state index in [0.29, 0.717) is 38.1 Å². The van der Waals surface area contributed by atoms with Crippen LogP contribution in [0.1, 0.15) is 24.2 Å². The fraction of sp³-hybridized carbons (Fsp3) is 0.533. The number of ether oxygens (including phenoxy) is 3. The molecule has 0 spiro atoms. The van der Waals surface area contributed by atoms with E-state index in [9.17, 15) is 4.79 Å². The highest BCUT2D eigenvalue weighted by molar-refractivity contribution is 5.87. The quantitative estimate of drug-likeness (QED) is 0.668. The van der Waals surface area contributed by atoms with Gasteiger partial charge in [0, 0.05) is 6.61 Å². The van der Waals surface area contributed by atoms with Gasteiger partial charge in [0.2, 0.25) is 0 Å². The van der Waals surface area contributed by atoms with Gasteiger partial charge in [-0.05, 0) is 24.1 Å². The number of carboxylic acids is 1. The van der Waals surface area contributed by atoms with Crippen LogP contribution in [0.2, 0.25) is 0 Å². The number of aromatic carboxylic acids is 1. The van der Waals surface area contributed by atoms with Gasteiger partial charge in [0.1, 0.15) is 12.4 Å². The van der Waals surface area contributed by atoms with Gasteiger partial charge in [0.25, 0.3) is 0 Å². The standard InChI is InChI=1S/C15H22O5/c1-12(2)11-19-7-6-18-8-9-20-14-5-3-4-13(10-14)15(16)17/h3-5,10,12H,6-9,11H2,1-2H3,(H,16,17). The minimum absolute atomic E-state index is 0.213. The molecule has 0 bridgehead atoms. The minimum Gasteiger partial charge on any atom is -0.491 e. The minimum atomic E-state index is -0.964. The highest BCUT2D eigenvalue weighted by Gasteiger charge is 2.03. The summed E-state index contributed by atoms with van der Waals surface area (Å²) in [6, 6.07) is 6.39. The van der Waals surface area contributed by atoms with Crippen LogP contribution in [-0.4, -0.2) is 44.1 Å². The zero-order chi connectivity index (χ0) is 14.8. The van der Waals surface area contributed by atoms with Gasteiger partial charge in [0.05, 0.1) is 25.4 Å². The Kier molecular flexibility index (Phi) is 7.69. The van der Waals surface area contributed by atoms with E-state index in [2.05, 4.69) is 13.8 Å². The van der Waals surface area contributed by atoms with Crippen molar-refractivity contribution in [1.82, 2.24) is 0 Å². The number of hydrogen-bond donors (Lipinski definition) is 1. The Morgan fingerprint density at radius 2 is 1.85 bits per heavy atom. The first-order valence-corrected chi connectivity index (χ1v) is 6.71. The molecule has 1 N–H and O–H groups in total. The van der Waals surface area contributed by atoms with Crippen LogP contribution in [-0.2, 0) is 9.47 Å². The Morgan fingerprint density at radius 1 is 1.15 bits per heavy atom. The van der Waals surface area contributed by atoms with E-state index in [1.165, 1.54) is 12.1 Å². The van der Waals surface area contributed by atoms with Crippen molar-refractivity contribution in [2.45, 2.75) is 13.8 Å². The maximum atomic E-state index is 10.8. The Hall–Kier alpha value is -1.59. The molecule has 20 heavy (non-hydrogen) atoms. The van der Waals surface area contributed by atoms with Crippen molar-refractivity contribution in [3.63, 3.8) is 0 Å². The van der Waals surface area contributed by atoms with Crippen molar-refractivity contribution in [3.8, 4) is 5.75 Å². The summed E-state index contributed by atoms with van der Waals surface area (Å²) in [6.45, 7) is 6.87. The van der Waals surface area contributed by atoms with Crippen LogP contribution in [0.25, 0.3) is 0 Å². The van der Waals surface area contributed by atoms with Crippen molar-refractivity contribution in [2.75, 3.05) is 33.0 Å². The topological polar surface area (TPSA) is 65.0 Å². The molecule has 0 unspecified atom stereocenters. The summed E-state index contributed by atoms with van der Waals surface area (Å²) in [5.74, 6) is 0.0957. The lowest BCUT2D eigenvalue weighted by atomic mass is 10.2. The zero-order valence-corrected chi connectivity index (χ0v) is 12.0. The molecular weight excluding hydrogens is 260 g/mol. The highest BCUT2D eigenvalue weighted by Crippen LogP contribution is 2.13.